The molecule has 3 nitrogen and oxygen atoms in total. The van der Waals surface area contributed by atoms with E-state index < -0.39 is 0 Å². The van der Waals surface area contributed by atoms with Crippen LogP contribution in [-0.2, 0) is 0 Å². The summed E-state index contributed by atoms with van der Waals surface area (Å²) in [5, 5.41) is 7.58. The molecule has 3 heteroatoms. The van der Waals surface area contributed by atoms with Gasteiger partial charge < -0.3 is 4.57 Å². The van der Waals surface area contributed by atoms with Gasteiger partial charge in [-0.15, -0.1) is 16.8 Å². The fourth-order valence-electron chi connectivity index (χ4n) is 1.66. The van der Waals surface area contributed by atoms with Crippen molar-refractivity contribution in [3.05, 3.63) is 25.3 Å². The van der Waals surface area contributed by atoms with E-state index in [1.54, 1.807) is 12.7 Å². The maximum absolute atomic E-state index is 3.80. The van der Waals surface area contributed by atoms with Crippen molar-refractivity contribution in [2.45, 2.75) is 19.4 Å². The minimum atomic E-state index is 0.609. The fraction of sp³-hybridized carbons (Fsp3) is 0.556. The van der Waals surface area contributed by atoms with Gasteiger partial charge >= 0.3 is 0 Å². The van der Waals surface area contributed by atoms with Crippen molar-refractivity contribution < 1.29 is 0 Å². The van der Waals surface area contributed by atoms with Crippen molar-refractivity contribution in [2.24, 2.45) is 11.8 Å². The van der Waals surface area contributed by atoms with Gasteiger partial charge in [-0.3, -0.25) is 0 Å². The third-order valence-electron chi connectivity index (χ3n) is 2.67. The molecular weight excluding hydrogens is 150 g/mol. The zero-order valence-electron chi connectivity index (χ0n) is 7.22. The van der Waals surface area contributed by atoms with Crippen LogP contribution in [0.25, 0.3) is 0 Å². The fourth-order valence-corrected chi connectivity index (χ4v) is 1.66. The quantitative estimate of drug-likeness (QED) is 0.634. The Kier molecular flexibility index (Phi) is 1.71. The SMILES string of the molecule is C=C[C@@H](C)C1CC1n1cnnc1. The van der Waals surface area contributed by atoms with Crippen LogP contribution in [0, 0.1) is 11.8 Å². The van der Waals surface area contributed by atoms with Gasteiger partial charge in [-0.2, -0.15) is 0 Å². The van der Waals surface area contributed by atoms with Gasteiger partial charge in [0.05, 0.1) is 0 Å². The number of hydrogen-bond donors (Lipinski definition) is 0. The standard InChI is InChI=1S/C9H13N3/c1-3-7(2)8-4-9(8)12-5-10-11-6-12/h3,5-9H,1,4H2,2H3/t7-,8?,9?/m1/s1. The average molecular weight is 163 g/mol. The van der Waals surface area contributed by atoms with E-state index in [-0.39, 0.29) is 0 Å². The highest BCUT2D eigenvalue weighted by Gasteiger charge is 2.41. The van der Waals surface area contributed by atoms with E-state index in [1.165, 1.54) is 6.42 Å². The van der Waals surface area contributed by atoms with E-state index in [0.717, 1.165) is 5.92 Å². The van der Waals surface area contributed by atoms with Gasteiger partial charge in [0.2, 0.25) is 0 Å². The highest BCUT2D eigenvalue weighted by atomic mass is 15.3. The lowest BCUT2D eigenvalue weighted by atomic mass is 10.1. The van der Waals surface area contributed by atoms with Gasteiger partial charge in [-0.25, -0.2) is 0 Å². The molecule has 2 rings (SSSR count). The summed E-state index contributed by atoms with van der Waals surface area (Å²) < 4.78 is 2.09. The molecule has 64 valence electrons. The summed E-state index contributed by atoms with van der Waals surface area (Å²) in [5.74, 6) is 1.36. The first kappa shape index (κ1) is 7.53. The molecule has 0 amide bonds. The first-order valence-electron chi connectivity index (χ1n) is 4.29. The van der Waals surface area contributed by atoms with E-state index in [4.69, 9.17) is 0 Å². The Hall–Kier alpha value is -1.12. The molecule has 0 aliphatic heterocycles. The largest absolute Gasteiger partial charge is 0.317 e. The van der Waals surface area contributed by atoms with Crippen LogP contribution in [0.15, 0.2) is 25.3 Å². The molecule has 2 unspecified atom stereocenters. The lowest BCUT2D eigenvalue weighted by Crippen LogP contribution is -1.98. The Labute approximate surface area is 72.1 Å². The van der Waals surface area contributed by atoms with Crippen LogP contribution in [0.1, 0.15) is 19.4 Å². The first-order chi connectivity index (χ1) is 5.83. The zero-order chi connectivity index (χ0) is 8.55. The molecule has 1 aliphatic rings. The van der Waals surface area contributed by atoms with Crippen LogP contribution < -0.4 is 0 Å². The molecule has 1 aromatic rings. The van der Waals surface area contributed by atoms with Crippen LogP contribution in [0.5, 0.6) is 0 Å². The number of nitrogens with zero attached hydrogens (tertiary/aromatic N) is 3. The van der Waals surface area contributed by atoms with E-state index >= 15 is 0 Å². The van der Waals surface area contributed by atoms with Gasteiger partial charge in [0.25, 0.3) is 0 Å². The Morgan fingerprint density at radius 2 is 2.25 bits per heavy atom. The summed E-state index contributed by atoms with van der Waals surface area (Å²) in [4.78, 5) is 0. The van der Waals surface area contributed by atoms with Crippen LogP contribution in [0.3, 0.4) is 0 Å². The Balaban J connectivity index is 2.00. The normalized spacial score (nSPS) is 29.8. The van der Waals surface area contributed by atoms with Crippen molar-refractivity contribution in [1.29, 1.82) is 0 Å². The summed E-state index contributed by atoms with van der Waals surface area (Å²) in [7, 11) is 0. The minimum absolute atomic E-state index is 0.609. The van der Waals surface area contributed by atoms with Gasteiger partial charge in [0.15, 0.2) is 0 Å². The van der Waals surface area contributed by atoms with E-state index in [9.17, 15) is 0 Å². The second kappa shape index (κ2) is 2.73. The number of aromatic nitrogens is 3. The molecule has 3 atom stereocenters. The molecule has 0 saturated heterocycles. The van der Waals surface area contributed by atoms with Crippen molar-refractivity contribution in [3.8, 4) is 0 Å². The molecule has 12 heavy (non-hydrogen) atoms. The monoisotopic (exact) mass is 163 g/mol. The minimum Gasteiger partial charge on any atom is -0.317 e. The third-order valence-corrected chi connectivity index (χ3v) is 2.67. The highest BCUT2D eigenvalue weighted by Crippen LogP contribution is 2.48. The van der Waals surface area contributed by atoms with E-state index in [1.807, 2.05) is 6.08 Å². The van der Waals surface area contributed by atoms with Crippen LogP contribution in [0.4, 0.5) is 0 Å². The number of allylic oxidation sites excluding steroid dienone is 1. The summed E-state index contributed by atoms with van der Waals surface area (Å²) in [6, 6.07) is 0.619. The maximum Gasteiger partial charge on any atom is 0.119 e. The Bertz CT molecular complexity index is 265. The molecule has 1 heterocycles. The second-order valence-corrected chi connectivity index (χ2v) is 3.47. The molecule has 0 aromatic carbocycles. The summed E-state index contributed by atoms with van der Waals surface area (Å²) in [6.45, 7) is 6.01. The van der Waals surface area contributed by atoms with Gasteiger partial charge in [-0.05, 0) is 18.3 Å². The highest BCUT2D eigenvalue weighted by molar-refractivity contribution is 4.99. The van der Waals surface area contributed by atoms with E-state index in [2.05, 4.69) is 28.3 Å². The molecule has 0 bridgehead atoms. The zero-order valence-corrected chi connectivity index (χ0v) is 7.22. The van der Waals surface area contributed by atoms with Gasteiger partial charge in [-0.1, -0.05) is 13.0 Å². The molecule has 1 saturated carbocycles. The lowest BCUT2D eigenvalue weighted by Gasteiger charge is -2.03. The number of rotatable bonds is 3. The first-order valence-corrected chi connectivity index (χ1v) is 4.29. The van der Waals surface area contributed by atoms with Crippen molar-refractivity contribution in [1.82, 2.24) is 14.8 Å². The Morgan fingerprint density at radius 3 is 2.83 bits per heavy atom. The van der Waals surface area contributed by atoms with Crippen molar-refractivity contribution in [3.63, 3.8) is 0 Å². The second-order valence-electron chi connectivity index (χ2n) is 3.47. The number of hydrogen-bond acceptors (Lipinski definition) is 2. The smallest absolute Gasteiger partial charge is 0.119 e. The predicted molar refractivity (Wildman–Crippen MR) is 46.5 cm³/mol. The van der Waals surface area contributed by atoms with E-state index in [0.29, 0.717) is 12.0 Å². The van der Waals surface area contributed by atoms with Crippen LogP contribution >= 0.6 is 0 Å². The topological polar surface area (TPSA) is 30.7 Å². The summed E-state index contributed by atoms with van der Waals surface area (Å²) >= 11 is 0. The molecule has 1 aliphatic carbocycles. The molecular formula is C9H13N3. The lowest BCUT2D eigenvalue weighted by molar-refractivity contribution is 0.553. The van der Waals surface area contributed by atoms with Gasteiger partial charge in [0.1, 0.15) is 12.7 Å². The van der Waals surface area contributed by atoms with Crippen LogP contribution in [-0.4, -0.2) is 14.8 Å². The van der Waals surface area contributed by atoms with Crippen molar-refractivity contribution in [2.75, 3.05) is 0 Å². The average Bonchev–Trinajstić information content (AvgIpc) is 2.71. The summed E-state index contributed by atoms with van der Waals surface area (Å²) in [6.07, 6.45) is 6.85. The third kappa shape index (κ3) is 1.15. The van der Waals surface area contributed by atoms with Crippen molar-refractivity contribution >= 4 is 0 Å². The summed E-state index contributed by atoms with van der Waals surface area (Å²) in [5.41, 5.74) is 0. The molecule has 0 spiro atoms. The molecule has 0 radical (unpaired) electrons. The molecule has 1 aromatic heterocycles. The molecule has 0 N–H and O–H groups in total. The molecule has 1 fully saturated rings. The van der Waals surface area contributed by atoms with Crippen LogP contribution in [0.2, 0.25) is 0 Å². The van der Waals surface area contributed by atoms with Gasteiger partial charge in [0, 0.05) is 6.04 Å². The Morgan fingerprint density at radius 1 is 1.58 bits per heavy atom. The maximum atomic E-state index is 3.80. The predicted octanol–water partition coefficient (Wildman–Crippen LogP) is 1.66.